The van der Waals surface area contributed by atoms with E-state index in [0.717, 1.165) is 43.5 Å². The number of hydrogen-bond donors (Lipinski definition) is 2. The fraction of sp³-hybridized carbons (Fsp3) is 0.500. The summed E-state index contributed by atoms with van der Waals surface area (Å²) in [7, 11) is 1.94. The van der Waals surface area contributed by atoms with Crippen molar-refractivity contribution in [2.24, 2.45) is 5.92 Å². The molecule has 2 unspecified atom stereocenters. The van der Waals surface area contributed by atoms with Gasteiger partial charge in [0.1, 0.15) is 0 Å². The Morgan fingerprint density at radius 3 is 2.52 bits per heavy atom. The topological polar surface area (TPSA) is 61.6 Å². The molecule has 0 radical (unpaired) electrons. The number of amides is 1. The van der Waals surface area contributed by atoms with E-state index in [-0.39, 0.29) is 12.5 Å². The minimum absolute atomic E-state index is 0.127. The molecule has 3 N–H and O–H groups in total. The number of likely N-dealkylation sites (N-methyl/N-ethyl adjacent to an activating group) is 1. The zero-order valence-electron chi connectivity index (χ0n) is 19.1. The Balaban J connectivity index is 1.21. The van der Waals surface area contributed by atoms with Crippen LogP contribution in [0, 0.1) is 19.8 Å². The van der Waals surface area contributed by atoms with Crippen LogP contribution in [0.2, 0.25) is 0 Å². The van der Waals surface area contributed by atoms with Gasteiger partial charge in [0.25, 0.3) is 0 Å². The van der Waals surface area contributed by atoms with E-state index in [0.29, 0.717) is 11.7 Å². The Morgan fingerprint density at radius 1 is 1.13 bits per heavy atom. The minimum atomic E-state index is 0.127. The summed E-state index contributed by atoms with van der Waals surface area (Å²) in [4.78, 5) is 17.3. The second-order valence-electron chi connectivity index (χ2n) is 9.43. The summed E-state index contributed by atoms with van der Waals surface area (Å²) < 4.78 is 0. The van der Waals surface area contributed by atoms with Crippen molar-refractivity contribution in [2.75, 3.05) is 44.3 Å². The maximum absolute atomic E-state index is 12.8. The molecule has 2 aromatic rings. The Morgan fingerprint density at radius 2 is 1.81 bits per heavy atom. The van der Waals surface area contributed by atoms with Gasteiger partial charge in [-0.05, 0) is 73.8 Å². The van der Waals surface area contributed by atoms with Crippen LogP contribution < -0.4 is 11.1 Å². The van der Waals surface area contributed by atoms with Crippen LogP contribution in [-0.2, 0) is 4.79 Å². The lowest BCUT2D eigenvalue weighted by Gasteiger charge is -2.37. The molecule has 2 atom stereocenters. The molecule has 2 aromatic carbocycles. The first kappa shape index (κ1) is 21.7. The van der Waals surface area contributed by atoms with Gasteiger partial charge in [-0.15, -0.1) is 0 Å². The van der Waals surface area contributed by atoms with Gasteiger partial charge in [0, 0.05) is 32.7 Å². The lowest BCUT2D eigenvalue weighted by Crippen LogP contribution is -2.47. The van der Waals surface area contributed by atoms with Crippen LogP contribution in [0.4, 0.5) is 11.4 Å². The van der Waals surface area contributed by atoms with E-state index in [1.165, 1.54) is 29.7 Å². The predicted molar refractivity (Wildman–Crippen MR) is 128 cm³/mol. The number of rotatable bonds is 7. The highest BCUT2D eigenvalue weighted by Crippen LogP contribution is 2.47. The standard InChI is InChI=1S/C26H36N4O/c1-18-13-24(27)25(14-19(18)2)28-16-26(31)29(3)22-9-11-30(12-10-22)17-21-15-23(21)20-7-5-4-6-8-20/h4-8,13-14,21-23,28H,9-12,15-17,27H2,1-3H3. The summed E-state index contributed by atoms with van der Waals surface area (Å²) >= 11 is 0. The molecule has 5 heteroatoms. The number of hydrogen-bond acceptors (Lipinski definition) is 4. The monoisotopic (exact) mass is 420 g/mol. The van der Waals surface area contributed by atoms with Crippen LogP contribution in [0.15, 0.2) is 42.5 Å². The molecule has 31 heavy (non-hydrogen) atoms. The van der Waals surface area contributed by atoms with Gasteiger partial charge in [-0.3, -0.25) is 4.79 Å². The van der Waals surface area contributed by atoms with Gasteiger partial charge in [-0.25, -0.2) is 0 Å². The van der Waals surface area contributed by atoms with E-state index >= 15 is 0 Å². The second-order valence-corrected chi connectivity index (χ2v) is 9.43. The van der Waals surface area contributed by atoms with Crippen molar-refractivity contribution in [3.63, 3.8) is 0 Å². The third-order valence-corrected chi connectivity index (χ3v) is 7.24. The molecule has 1 saturated heterocycles. The van der Waals surface area contributed by atoms with E-state index in [1.807, 2.05) is 31.0 Å². The smallest absolute Gasteiger partial charge is 0.241 e. The summed E-state index contributed by atoms with van der Waals surface area (Å²) in [6, 6.07) is 15.2. The maximum atomic E-state index is 12.8. The highest BCUT2D eigenvalue weighted by molar-refractivity contribution is 5.82. The first-order valence-corrected chi connectivity index (χ1v) is 11.6. The summed E-state index contributed by atoms with van der Waals surface area (Å²) in [6.45, 7) is 7.74. The van der Waals surface area contributed by atoms with Crippen LogP contribution in [0.5, 0.6) is 0 Å². The number of nitrogens with zero attached hydrogens (tertiary/aromatic N) is 2. The highest BCUT2D eigenvalue weighted by Gasteiger charge is 2.39. The van der Waals surface area contributed by atoms with Gasteiger partial charge in [0.15, 0.2) is 0 Å². The number of anilines is 2. The van der Waals surface area contributed by atoms with Gasteiger partial charge in [0.05, 0.1) is 17.9 Å². The lowest BCUT2D eigenvalue weighted by atomic mass is 10.0. The maximum Gasteiger partial charge on any atom is 0.241 e. The van der Waals surface area contributed by atoms with Crippen LogP contribution in [0.3, 0.4) is 0 Å². The number of nitrogens with one attached hydrogen (secondary N) is 1. The summed E-state index contributed by atoms with van der Waals surface area (Å²) in [6.07, 6.45) is 3.42. The van der Waals surface area contributed by atoms with Crippen molar-refractivity contribution in [3.05, 3.63) is 59.2 Å². The van der Waals surface area contributed by atoms with Gasteiger partial charge >= 0.3 is 0 Å². The first-order chi connectivity index (χ1) is 14.9. The van der Waals surface area contributed by atoms with Gasteiger partial charge in [0.2, 0.25) is 5.91 Å². The molecule has 166 valence electrons. The van der Waals surface area contributed by atoms with E-state index in [9.17, 15) is 4.79 Å². The fourth-order valence-electron chi connectivity index (χ4n) is 4.87. The minimum Gasteiger partial charge on any atom is -0.397 e. The van der Waals surface area contributed by atoms with Crippen LogP contribution in [0.25, 0.3) is 0 Å². The quantitative estimate of drug-likeness (QED) is 0.664. The van der Waals surface area contributed by atoms with Gasteiger partial charge in [-0.2, -0.15) is 0 Å². The molecule has 2 fully saturated rings. The van der Waals surface area contributed by atoms with E-state index in [4.69, 9.17) is 5.73 Å². The Bertz CT molecular complexity index is 905. The van der Waals surface area contributed by atoms with Crippen LogP contribution in [-0.4, -0.2) is 55.0 Å². The Kier molecular flexibility index (Phi) is 6.51. The largest absolute Gasteiger partial charge is 0.397 e. The van der Waals surface area contributed by atoms with Crippen LogP contribution >= 0.6 is 0 Å². The number of nitrogen functional groups attached to an aromatic ring is 1. The Hall–Kier alpha value is -2.53. The molecule has 1 heterocycles. The number of aryl methyl sites for hydroxylation is 2. The fourth-order valence-corrected chi connectivity index (χ4v) is 4.87. The normalized spacial score (nSPS) is 21.6. The third-order valence-electron chi connectivity index (χ3n) is 7.24. The van der Waals surface area contributed by atoms with Crippen LogP contribution in [0.1, 0.15) is 41.9 Å². The molecule has 0 aromatic heterocycles. The molecule has 2 aliphatic rings. The molecule has 5 nitrogen and oxygen atoms in total. The van der Waals surface area contributed by atoms with E-state index in [2.05, 4.69) is 47.5 Å². The average molecular weight is 421 g/mol. The Labute approximate surface area is 186 Å². The van der Waals surface area contributed by atoms with Crippen molar-refractivity contribution >= 4 is 17.3 Å². The SMILES string of the molecule is Cc1cc(N)c(NCC(=O)N(C)C2CCN(CC3CC3c3ccccc3)CC2)cc1C. The number of benzene rings is 2. The average Bonchev–Trinajstić information content (AvgIpc) is 3.55. The highest BCUT2D eigenvalue weighted by atomic mass is 16.2. The van der Waals surface area contributed by atoms with Crippen molar-refractivity contribution in [1.29, 1.82) is 0 Å². The number of likely N-dealkylation sites (tertiary alicyclic amines) is 1. The number of carbonyl (C=O) groups excluding carboxylic acids is 1. The summed E-state index contributed by atoms with van der Waals surface area (Å²) in [5.74, 6) is 1.67. The molecule has 0 spiro atoms. The molecular formula is C26H36N4O. The van der Waals surface area contributed by atoms with Crippen molar-refractivity contribution in [3.8, 4) is 0 Å². The lowest BCUT2D eigenvalue weighted by molar-refractivity contribution is -0.130. The molecule has 1 amide bonds. The van der Waals surface area contributed by atoms with Crippen molar-refractivity contribution in [2.45, 2.75) is 45.1 Å². The molecule has 1 saturated carbocycles. The van der Waals surface area contributed by atoms with Crippen molar-refractivity contribution < 1.29 is 4.79 Å². The van der Waals surface area contributed by atoms with E-state index in [1.54, 1.807) is 0 Å². The van der Waals surface area contributed by atoms with Gasteiger partial charge in [-0.1, -0.05) is 30.3 Å². The van der Waals surface area contributed by atoms with Crippen molar-refractivity contribution in [1.82, 2.24) is 9.80 Å². The van der Waals surface area contributed by atoms with Gasteiger partial charge < -0.3 is 20.9 Å². The zero-order chi connectivity index (χ0) is 22.0. The predicted octanol–water partition coefficient (Wildman–Crippen LogP) is 4.02. The van der Waals surface area contributed by atoms with E-state index < -0.39 is 0 Å². The molecule has 1 aliphatic carbocycles. The molecule has 1 aliphatic heterocycles. The number of carbonyl (C=O) groups is 1. The molecule has 4 rings (SSSR count). The molecular weight excluding hydrogens is 384 g/mol. The molecule has 0 bridgehead atoms. The summed E-state index contributed by atoms with van der Waals surface area (Å²) in [5.41, 5.74) is 11.5. The number of piperidine rings is 1. The zero-order valence-corrected chi connectivity index (χ0v) is 19.1. The number of nitrogens with two attached hydrogens (primary N) is 1. The summed E-state index contributed by atoms with van der Waals surface area (Å²) in [5, 5.41) is 3.24. The third kappa shape index (κ3) is 5.21. The first-order valence-electron chi connectivity index (χ1n) is 11.6. The second kappa shape index (κ2) is 9.31.